The zero-order valence-corrected chi connectivity index (χ0v) is 19.4. The van der Waals surface area contributed by atoms with E-state index in [9.17, 15) is 14.4 Å². The van der Waals surface area contributed by atoms with Crippen molar-refractivity contribution in [2.45, 2.75) is 18.8 Å². The molecule has 2 amide bonds. The quantitative estimate of drug-likeness (QED) is 0.434. The first kappa shape index (κ1) is 24.0. The maximum atomic E-state index is 12.8. The molecule has 0 aromatic heterocycles. The van der Waals surface area contributed by atoms with Crippen molar-refractivity contribution in [3.8, 4) is 11.1 Å². The molecule has 3 N–H and O–H groups in total. The Morgan fingerprint density at radius 3 is 2.00 bits per heavy atom. The summed E-state index contributed by atoms with van der Waals surface area (Å²) in [6.45, 7) is 1.73. The molecule has 180 valence electrons. The number of hydrogen-bond acceptors (Lipinski definition) is 4. The molecule has 0 fully saturated rings. The van der Waals surface area contributed by atoms with E-state index >= 15 is 0 Å². The van der Waals surface area contributed by atoms with Crippen LogP contribution < -0.4 is 10.6 Å². The smallest absolute Gasteiger partial charge is 0.407 e. The molecule has 4 rings (SSSR count). The second-order valence-corrected chi connectivity index (χ2v) is 8.65. The molecule has 3 aromatic carbocycles. The predicted molar refractivity (Wildman–Crippen MR) is 132 cm³/mol. The van der Waals surface area contributed by atoms with Crippen LogP contribution in [0.2, 0.25) is 0 Å². The van der Waals surface area contributed by atoms with Crippen LogP contribution in [0.1, 0.15) is 35.4 Å². The number of amides is 2. The molecule has 2 atom stereocenters. The van der Waals surface area contributed by atoms with E-state index in [0.29, 0.717) is 5.56 Å². The van der Waals surface area contributed by atoms with Gasteiger partial charge in [0.05, 0.1) is 11.8 Å². The van der Waals surface area contributed by atoms with E-state index in [1.807, 2.05) is 42.5 Å². The maximum absolute atomic E-state index is 12.8. The third-order valence-corrected chi connectivity index (χ3v) is 6.32. The Labute approximate surface area is 204 Å². The van der Waals surface area contributed by atoms with Gasteiger partial charge in [0.25, 0.3) is 0 Å². The van der Waals surface area contributed by atoms with Crippen molar-refractivity contribution < 1.29 is 24.2 Å². The second-order valence-electron chi connectivity index (χ2n) is 8.65. The number of carbonyl (C=O) groups is 3. The van der Waals surface area contributed by atoms with Gasteiger partial charge in [-0.15, -0.1) is 0 Å². The van der Waals surface area contributed by atoms with Crippen molar-refractivity contribution in [1.29, 1.82) is 0 Å². The fourth-order valence-electron chi connectivity index (χ4n) is 4.35. The number of fused-ring (bicyclic) bond motifs is 3. The van der Waals surface area contributed by atoms with Gasteiger partial charge in [0.15, 0.2) is 0 Å². The number of rotatable bonds is 9. The van der Waals surface area contributed by atoms with Gasteiger partial charge in [-0.25, -0.2) is 4.79 Å². The molecule has 0 spiro atoms. The standard InChI is InChI=1S/C28H28N2O5/c1-18(27(32)33)15-29-26(31)24(19-9-3-2-4-10-19)16-30-28(34)35-17-25-22-13-7-5-11-20(22)21-12-6-8-14-23(21)25/h2-14,18,24-25H,15-17H2,1H3,(H,29,31)(H,30,34)(H,32,33). The maximum Gasteiger partial charge on any atom is 0.407 e. The van der Waals surface area contributed by atoms with Crippen molar-refractivity contribution in [3.05, 3.63) is 95.6 Å². The minimum atomic E-state index is -0.988. The molecule has 1 aliphatic carbocycles. The van der Waals surface area contributed by atoms with Crippen LogP contribution in [0.4, 0.5) is 4.79 Å². The Balaban J connectivity index is 1.39. The number of ether oxygens (including phenoxy) is 1. The highest BCUT2D eigenvalue weighted by molar-refractivity contribution is 5.85. The summed E-state index contributed by atoms with van der Waals surface area (Å²) in [6.07, 6.45) is -0.612. The van der Waals surface area contributed by atoms with E-state index in [1.165, 1.54) is 6.92 Å². The lowest BCUT2D eigenvalue weighted by Gasteiger charge is -2.19. The molecule has 35 heavy (non-hydrogen) atoms. The lowest BCUT2D eigenvalue weighted by Crippen LogP contribution is -2.40. The van der Waals surface area contributed by atoms with Crippen molar-refractivity contribution in [1.82, 2.24) is 10.6 Å². The summed E-state index contributed by atoms with van der Waals surface area (Å²) in [5.74, 6) is -2.80. The van der Waals surface area contributed by atoms with E-state index in [1.54, 1.807) is 12.1 Å². The van der Waals surface area contributed by atoms with Gasteiger partial charge in [0.1, 0.15) is 6.61 Å². The van der Waals surface area contributed by atoms with Crippen LogP contribution >= 0.6 is 0 Å². The number of carboxylic acid groups (broad SMARTS) is 1. The number of aliphatic carboxylic acids is 1. The Morgan fingerprint density at radius 2 is 1.40 bits per heavy atom. The molecule has 0 aliphatic heterocycles. The Bertz CT molecular complexity index is 1170. The van der Waals surface area contributed by atoms with E-state index in [-0.39, 0.29) is 31.5 Å². The summed E-state index contributed by atoms with van der Waals surface area (Å²) >= 11 is 0. The van der Waals surface area contributed by atoms with Crippen molar-refractivity contribution in [2.24, 2.45) is 5.92 Å². The van der Waals surface area contributed by atoms with Gasteiger partial charge in [-0.3, -0.25) is 9.59 Å². The lowest BCUT2D eigenvalue weighted by molar-refractivity contribution is -0.141. The summed E-state index contributed by atoms with van der Waals surface area (Å²) in [7, 11) is 0. The minimum absolute atomic E-state index is 0.00243. The fraction of sp³-hybridized carbons (Fsp3) is 0.250. The summed E-state index contributed by atoms with van der Waals surface area (Å²) in [5, 5.41) is 14.5. The molecule has 0 bridgehead atoms. The summed E-state index contributed by atoms with van der Waals surface area (Å²) < 4.78 is 5.58. The zero-order valence-electron chi connectivity index (χ0n) is 19.4. The summed E-state index contributed by atoms with van der Waals surface area (Å²) in [5.41, 5.74) is 5.25. The summed E-state index contributed by atoms with van der Waals surface area (Å²) in [6, 6.07) is 25.2. The van der Waals surface area contributed by atoms with Gasteiger partial charge in [-0.2, -0.15) is 0 Å². The van der Waals surface area contributed by atoms with Gasteiger partial charge in [-0.1, -0.05) is 85.8 Å². The largest absolute Gasteiger partial charge is 0.481 e. The third kappa shape index (κ3) is 5.51. The third-order valence-electron chi connectivity index (χ3n) is 6.32. The van der Waals surface area contributed by atoms with Crippen LogP contribution in [0.5, 0.6) is 0 Å². The highest BCUT2D eigenvalue weighted by atomic mass is 16.5. The van der Waals surface area contributed by atoms with Crippen molar-refractivity contribution in [3.63, 3.8) is 0 Å². The molecule has 7 heteroatoms. The molecule has 0 saturated heterocycles. The SMILES string of the molecule is CC(CNC(=O)C(CNC(=O)OCC1c2ccccc2-c2ccccc21)c1ccccc1)C(=O)O. The molecule has 7 nitrogen and oxygen atoms in total. The van der Waals surface area contributed by atoms with Gasteiger partial charge in [0.2, 0.25) is 5.91 Å². The second kappa shape index (κ2) is 10.9. The van der Waals surface area contributed by atoms with E-state index < -0.39 is 23.9 Å². The van der Waals surface area contributed by atoms with Crippen molar-refractivity contribution in [2.75, 3.05) is 19.7 Å². The fourth-order valence-corrected chi connectivity index (χ4v) is 4.35. The van der Waals surface area contributed by atoms with E-state index in [2.05, 4.69) is 34.9 Å². The highest BCUT2D eigenvalue weighted by Gasteiger charge is 2.29. The first-order valence-electron chi connectivity index (χ1n) is 11.6. The van der Waals surface area contributed by atoms with Crippen LogP contribution in [-0.4, -0.2) is 42.8 Å². The first-order valence-corrected chi connectivity index (χ1v) is 11.6. The van der Waals surface area contributed by atoms with E-state index in [0.717, 1.165) is 22.3 Å². The van der Waals surface area contributed by atoms with Crippen LogP contribution in [0.15, 0.2) is 78.9 Å². The van der Waals surface area contributed by atoms with E-state index in [4.69, 9.17) is 9.84 Å². The first-order chi connectivity index (χ1) is 17.0. The number of hydrogen-bond donors (Lipinski definition) is 3. The number of nitrogens with one attached hydrogen (secondary N) is 2. The molecule has 2 unspecified atom stereocenters. The monoisotopic (exact) mass is 472 g/mol. The van der Waals surface area contributed by atoms with Gasteiger partial charge < -0.3 is 20.5 Å². The molecule has 0 heterocycles. The van der Waals surface area contributed by atoms with Gasteiger partial charge in [-0.05, 0) is 27.8 Å². The Kier molecular flexibility index (Phi) is 7.45. The Morgan fingerprint density at radius 1 is 0.829 bits per heavy atom. The van der Waals surface area contributed by atoms with Crippen LogP contribution in [0.3, 0.4) is 0 Å². The normalized spacial score (nSPS) is 13.7. The van der Waals surface area contributed by atoms with Gasteiger partial charge in [0, 0.05) is 19.0 Å². The summed E-state index contributed by atoms with van der Waals surface area (Å²) in [4.78, 5) is 36.5. The molecule has 1 aliphatic rings. The van der Waals surface area contributed by atoms with Gasteiger partial charge >= 0.3 is 12.1 Å². The van der Waals surface area contributed by atoms with Crippen LogP contribution in [0.25, 0.3) is 11.1 Å². The van der Waals surface area contributed by atoms with Crippen LogP contribution in [0, 0.1) is 5.92 Å². The molecular formula is C28H28N2O5. The highest BCUT2D eigenvalue weighted by Crippen LogP contribution is 2.44. The van der Waals surface area contributed by atoms with Crippen LogP contribution in [-0.2, 0) is 14.3 Å². The predicted octanol–water partition coefficient (Wildman–Crippen LogP) is 4.15. The zero-order chi connectivity index (χ0) is 24.8. The molecule has 3 aromatic rings. The number of carbonyl (C=O) groups excluding carboxylic acids is 2. The molecule has 0 radical (unpaired) electrons. The molecule has 0 saturated carbocycles. The lowest BCUT2D eigenvalue weighted by atomic mass is 9.97. The average Bonchev–Trinajstić information content (AvgIpc) is 3.20. The van der Waals surface area contributed by atoms with Crippen molar-refractivity contribution >= 4 is 18.0 Å². The number of benzene rings is 3. The molecular weight excluding hydrogens is 444 g/mol. The minimum Gasteiger partial charge on any atom is -0.481 e. The number of carboxylic acids is 1. The topological polar surface area (TPSA) is 105 Å². The average molecular weight is 473 g/mol. The Hall–Kier alpha value is -4.13. The number of alkyl carbamates (subject to hydrolysis) is 1.